The monoisotopic (exact) mass is 956 g/mol. The largest absolute Gasteiger partial charge is 0.466 e. The molecule has 0 aliphatic rings. The van der Waals surface area contributed by atoms with E-state index in [-0.39, 0.29) is 18.5 Å². The summed E-state index contributed by atoms with van der Waals surface area (Å²) in [7, 11) is 0. The van der Waals surface area contributed by atoms with Crippen molar-refractivity contribution >= 4 is 11.9 Å². The van der Waals surface area contributed by atoms with Gasteiger partial charge < -0.3 is 20.3 Å². The number of unbranched alkanes of at least 4 members (excludes halogenated alkanes) is 41. The molecule has 68 heavy (non-hydrogen) atoms. The zero-order chi connectivity index (χ0) is 49.3. The Morgan fingerprint density at radius 1 is 0.397 bits per heavy atom. The molecule has 0 spiro atoms. The van der Waals surface area contributed by atoms with Crippen LogP contribution >= 0.6 is 0 Å². The molecule has 0 bridgehead atoms. The highest BCUT2D eigenvalue weighted by Gasteiger charge is 2.18. The summed E-state index contributed by atoms with van der Waals surface area (Å²) in [6.45, 7) is 4.88. The molecule has 3 N–H and O–H groups in total. The molecule has 6 heteroatoms. The van der Waals surface area contributed by atoms with Gasteiger partial charge in [0, 0.05) is 12.8 Å². The first-order valence-corrected chi connectivity index (χ1v) is 30.3. The van der Waals surface area contributed by atoms with Gasteiger partial charge in [0.15, 0.2) is 0 Å². The van der Waals surface area contributed by atoms with Crippen LogP contribution in [-0.2, 0) is 14.3 Å². The molecule has 2 atom stereocenters. The van der Waals surface area contributed by atoms with Gasteiger partial charge in [0.2, 0.25) is 5.91 Å². The van der Waals surface area contributed by atoms with Gasteiger partial charge in [-0.25, -0.2) is 0 Å². The number of rotatable bonds is 56. The lowest BCUT2D eigenvalue weighted by molar-refractivity contribution is -0.143. The number of hydrogen-bond donors (Lipinski definition) is 3. The van der Waals surface area contributed by atoms with Crippen LogP contribution in [0, 0.1) is 0 Å². The summed E-state index contributed by atoms with van der Waals surface area (Å²) in [5.41, 5.74) is 0. The molecule has 0 saturated heterocycles. The first-order chi connectivity index (χ1) is 33.5. The van der Waals surface area contributed by atoms with Gasteiger partial charge in [-0.15, -0.1) is 0 Å². The van der Waals surface area contributed by atoms with Gasteiger partial charge in [0.05, 0.1) is 25.4 Å². The Balaban J connectivity index is 3.51. The fraction of sp³-hybridized carbons (Fsp3) is 0.871. The lowest BCUT2D eigenvalue weighted by Gasteiger charge is -2.20. The molecule has 0 rings (SSSR count). The van der Waals surface area contributed by atoms with Gasteiger partial charge >= 0.3 is 5.97 Å². The smallest absolute Gasteiger partial charge is 0.305 e. The van der Waals surface area contributed by atoms with Crippen LogP contribution in [-0.4, -0.2) is 47.4 Å². The minimum atomic E-state index is -0.856. The van der Waals surface area contributed by atoms with Gasteiger partial charge in [-0.2, -0.15) is 0 Å². The molecule has 400 valence electrons. The Labute approximate surface area is 424 Å². The second-order valence-corrected chi connectivity index (χ2v) is 20.7. The lowest BCUT2D eigenvalue weighted by Crippen LogP contribution is -2.45. The van der Waals surface area contributed by atoms with Gasteiger partial charge in [0.25, 0.3) is 0 Å². The van der Waals surface area contributed by atoms with Crippen molar-refractivity contribution in [1.82, 2.24) is 5.32 Å². The minimum Gasteiger partial charge on any atom is -0.466 e. The van der Waals surface area contributed by atoms with Crippen LogP contribution in [0.25, 0.3) is 0 Å². The first kappa shape index (κ1) is 66.1. The summed E-state index contributed by atoms with van der Waals surface area (Å²) < 4.78 is 5.46. The molecule has 1 amide bonds. The molecule has 2 unspecified atom stereocenters. The molecule has 0 fully saturated rings. The summed E-state index contributed by atoms with van der Waals surface area (Å²) in [6.07, 6.45) is 71.7. The van der Waals surface area contributed by atoms with Crippen LogP contribution < -0.4 is 5.32 Å². The van der Waals surface area contributed by atoms with Crippen molar-refractivity contribution in [2.24, 2.45) is 0 Å². The van der Waals surface area contributed by atoms with Crippen molar-refractivity contribution < 1.29 is 24.5 Å². The second-order valence-electron chi connectivity index (χ2n) is 20.7. The number of amides is 1. The zero-order valence-electron chi connectivity index (χ0n) is 45.6. The van der Waals surface area contributed by atoms with Gasteiger partial charge in [0.1, 0.15) is 0 Å². The summed E-state index contributed by atoms with van der Waals surface area (Å²) >= 11 is 0. The van der Waals surface area contributed by atoms with Crippen molar-refractivity contribution in [3.05, 3.63) is 36.5 Å². The van der Waals surface area contributed by atoms with Crippen LogP contribution in [0.3, 0.4) is 0 Å². The maximum Gasteiger partial charge on any atom is 0.305 e. The number of carbonyl (C=O) groups is 2. The average Bonchev–Trinajstić information content (AvgIpc) is 3.34. The number of allylic oxidation sites excluding steroid dienone is 5. The van der Waals surface area contributed by atoms with E-state index in [0.717, 1.165) is 64.2 Å². The maximum atomic E-state index is 12.5. The number of nitrogens with one attached hydrogen (secondary N) is 1. The highest BCUT2D eigenvalue weighted by molar-refractivity contribution is 5.76. The summed E-state index contributed by atoms with van der Waals surface area (Å²) in [5, 5.41) is 23.2. The average molecular weight is 957 g/mol. The molecule has 0 aliphatic carbocycles. The summed E-state index contributed by atoms with van der Waals surface area (Å²) in [6, 6.07) is -0.642. The van der Waals surface area contributed by atoms with Crippen molar-refractivity contribution in [2.75, 3.05) is 13.2 Å². The predicted octanol–water partition coefficient (Wildman–Crippen LogP) is 18.8. The number of hydrogen-bond acceptors (Lipinski definition) is 5. The number of carbonyl (C=O) groups excluding carboxylic acids is 2. The van der Waals surface area contributed by atoms with Crippen LogP contribution in [0.5, 0.6) is 0 Å². The fourth-order valence-electron chi connectivity index (χ4n) is 9.21. The second kappa shape index (κ2) is 57.7. The predicted molar refractivity (Wildman–Crippen MR) is 296 cm³/mol. The molecule has 0 aromatic rings. The zero-order valence-corrected chi connectivity index (χ0v) is 45.6. The van der Waals surface area contributed by atoms with E-state index in [2.05, 4.69) is 43.5 Å². The Kier molecular flexibility index (Phi) is 56.0. The normalized spacial score (nSPS) is 12.8. The number of aliphatic hydroxyl groups excluding tert-OH is 2. The van der Waals surface area contributed by atoms with Crippen LogP contribution in [0.15, 0.2) is 36.5 Å². The lowest BCUT2D eigenvalue weighted by atomic mass is 10.0. The molecule has 0 heterocycles. The molecule has 0 aliphatic heterocycles. The summed E-state index contributed by atoms with van der Waals surface area (Å²) in [4.78, 5) is 24.5. The molecule has 0 radical (unpaired) electrons. The van der Waals surface area contributed by atoms with Crippen LogP contribution in [0.2, 0.25) is 0 Å². The summed E-state index contributed by atoms with van der Waals surface area (Å²) in [5.74, 6) is -0.0960. The number of esters is 1. The van der Waals surface area contributed by atoms with Crippen LogP contribution in [0.4, 0.5) is 0 Å². The van der Waals surface area contributed by atoms with E-state index in [1.54, 1.807) is 6.08 Å². The Morgan fingerprint density at radius 3 is 1.06 bits per heavy atom. The van der Waals surface area contributed by atoms with Crippen molar-refractivity contribution in [1.29, 1.82) is 0 Å². The number of ether oxygens (including phenoxy) is 1. The minimum absolute atomic E-state index is 0.0130. The third-order valence-corrected chi connectivity index (χ3v) is 13.9. The highest BCUT2D eigenvalue weighted by Crippen LogP contribution is 2.17. The number of aliphatic hydroxyl groups is 2. The van der Waals surface area contributed by atoms with Crippen molar-refractivity contribution in [2.45, 2.75) is 334 Å². The molecule has 6 nitrogen and oxygen atoms in total. The van der Waals surface area contributed by atoms with E-state index in [0.29, 0.717) is 19.4 Å². The van der Waals surface area contributed by atoms with Gasteiger partial charge in [-0.3, -0.25) is 9.59 Å². The third-order valence-electron chi connectivity index (χ3n) is 13.9. The quantitative estimate of drug-likeness (QED) is 0.0321. The topological polar surface area (TPSA) is 95.9 Å². The Morgan fingerprint density at radius 2 is 0.691 bits per heavy atom. The first-order valence-electron chi connectivity index (χ1n) is 30.3. The highest BCUT2D eigenvalue weighted by atomic mass is 16.5. The fourth-order valence-corrected chi connectivity index (χ4v) is 9.21. The van der Waals surface area contributed by atoms with E-state index < -0.39 is 12.1 Å². The Bertz CT molecular complexity index is 1100. The van der Waals surface area contributed by atoms with Gasteiger partial charge in [-0.05, 0) is 83.5 Å². The SMILES string of the molecule is CCCCCC/C=C\CCCCCCCC(=O)OCCCCCCCCC/C=C\CCCCCCCC(=O)NC(CO)C(O)/C=C/CCCCCCCCCCCCCCCCCCCCCC. The van der Waals surface area contributed by atoms with Gasteiger partial charge in [-0.1, -0.05) is 262 Å². The standard InChI is InChI=1S/C62H117NO5/c1-3-5-7-9-11-13-15-17-18-19-20-21-22-23-24-27-31-34-38-42-46-50-54-60(65)59(58-64)63-61(66)55-51-47-43-39-35-32-28-25-26-29-33-37-41-45-49-53-57-68-62(67)56-52-48-44-40-36-30-16-14-12-10-8-6-4-2/h14,16,25,28,50,54,59-60,64-65H,3-13,15,17-24,26-27,29-49,51-53,55-58H2,1-2H3,(H,63,66)/b16-14-,28-25-,54-50+. The molecule has 0 aromatic carbocycles. The maximum absolute atomic E-state index is 12.5. The van der Waals surface area contributed by atoms with E-state index >= 15 is 0 Å². The van der Waals surface area contributed by atoms with E-state index in [1.807, 2.05) is 6.08 Å². The van der Waals surface area contributed by atoms with Crippen molar-refractivity contribution in [3.8, 4) is 0 Å². The third kappa shape index (κ3) is 53.4. The molecule has 0 saturated carbocycles. The van der Waals surface area contributed by atoms with Crippen LogP contribution in [0.1, 0.15) is 322 Å². The van der Waals surface area contributed by atoms with E-state index in [9.17, 15) is 19.8 Å². The molecular formula is C62H117NO5. The van der Waals surface area contributed by atoms with E-state index in [1.165, 1.54) is 231 Å². The molecular weight excluding hydrogens is 839 g/mol. The van der Waals surface area contributed by atoms with Crippen molar-refractivity contribution in [3.63, 3.8) is 0 Å². The Hall–Kier alpha value is -1.92. The van der Waals surface area contributed by atoms with E-state index in [4.69, 9.17) is 4.74 Å². The molecule has 0 aromatic heterocycles.